The van der Waals surface area contributed by atoms with Crippen LogP contribution in [0.2, 0.25) is 0 Å². The fourth-order valence-corrected chi connectivity index (χ4v) is 3.61. The summed E-state index contributed by atoms with van der Waals surface area (Å²) in [6.45, 7) is -2.05. The lowest BCUT2D eigenvalue weighted by atomic mass is 10.2. The molecule has 2 aromatic rings. The lowest BCUT2D eigenvalue weighted by Crippen LogP contribution is -2.30. The Labute approximate surface area is 127 Å². The minimum absolute atomic E-state index is 0.00446. The molecular weight excluding hydrogens is 339 g/mol. The molecule has 0 atom stereocenters. The zero-order valence-corrected chi connectivity index (χ0v) is 12.0. The normalized spacial score (nSPS) is 16.7. The topological polar surface area (TPSA) is 98.0 Å². The zero-order chi connectivity index (χ0) is 16.8. The highest BCUT2D eigenvalue weighted by molar-refractivity contribution is 7.90. The average molecular weight is 347 g/mol. The molecule has 0 spiro atoms. The van der Waals surface area contributed by atoms with Crippen molar-refractivity contribution in [2.24, 2.45) is 0 Å². The van der Waals surface area contributed by atoms with Crippen LogP contribution in [0.25, 0.3) is 0 Å². The minimum atomic E-state index is -4.54. The highest BCUT2D eigenvalue weighted by Crippen LogP contribution is 2.30. The lowest BCUT2D eigenvalue weighted by Gasteiger charge is -2.12. The molecular formula is C11H8F3N5O3S. The number of fused-ring (bicyclic) bond motifs is 1. The summed E-state index contributed by atoms with van der Waals surface area (Å²) in [4.78, 5) is 12.3. The quantitative estimate of drug-likeness (QED) is 0.806. The Bertz CT molecular complexity index is 877. The van der Waals surface area contributed by atoms with Gasteiger partial charge in [-0.05, 0) is 17.3 Å². The summed E-state index contributed by atoms with van der Waals surface area (Å²) in [6.07, 6.45) is -4.54. The van der Waals surface area contributed by atoms with Gasteiger partial charge in [0, 0.05) is 0 Å². The number of hydrogen-bond acceptors (Lipinski definition) is 6. The first-order chi connectivity index (χ1) is 10.7. The molecule has 1 aliphatic rings. The molecule has 2 heterocycles. The van der Waals surface area contributed by atoms with E-state index >= 15 is 0 Å². The molecule has 12 heteroatoms. The molecule has 0 saturated carbocycles. The van der Waals surface area contributed by atoms with E-state index < -0.39 is 35.2 Å². The van der Waals surface area contributed by atoms with Gasteiger partial charge in [-0.2, -0.15) is 18.0 Å². The molecule has 23 heavy (non-hydrogen) atoms. The van der Waals surface area contributed by atoms with Crippen LogP contribution >= 0.6 is 0 Å². The van der Waals surface area contributed by atoms with Crippen molar-refractivity contribution in [3.05, 3.63) is 35.7 Å². The second-order valence-corrected chi connectivity index (χ2v) is 6.49. The molecule has 0 saturated heterocycles. The standard InChI is InChI=1S/C11H8F3N5O3S/c12-11(13,14)6-19-16-9(15-17-19)5-18-10(20)7-3-1-2-4-8(7)23(18,21)22/h1-4H,5-6H2. The SMILES string of the molecule is O=C1c2ccccc2S(=O)(=O)N1Cc1nnn(CC(F)(F)F)n1. The Morgan fingerprint density at radius 1 is 1.17 bits per heavy atom. The first-order valence-corrected chi connectivity index (χ1v) is 7.62. The van der Waals surface area contributed by atoms with Gasteiger partial charge in [0.05, 0.1) is 5.56 Å². The maximum Gasteiger partial charge on any atom is 0.409 e. The van der Waals surface area contributed by atoms with E-state index in [1.807, 2.05) is 0 Å². The van der Waals surface area contributed by atoms with Crippen LogP contribution in [0.3, 0.4) is 0 Å². The van der Waals surface area contributed by atoms with Crippen LogP contribution in [0.15, 0.2) is 29.2 Å². The second-order valence-electron chi connectivity index (χ2n) is 4.66. The first-order valence-electron chi connectivity index (χ1n) is 6.18. The van der Waals surface area contributed by atoms with Crippen molar-refractivity contribution < 1.29 is 26.4 Å². The zero-order valence-electron chi connectivity index (χ0n) is 11.2. The van der Waals surface area contributed by atoms with Gasteiger partial charge in [0.2, 0.25) is 0 Å². The van der Waals surface area contributed by atoms with Crippen LogP contribution in [0.4, 0.5) is 13.2 Å². The number of hydrogen-bond donors (Lipinski definition) is 0. The number of sulfonamides is 1. The maximum absolute atomic E-state index is 12.3. The van der Waals surface area contributed by atoms with Crippen LogP contribution < -0.4 is 0 Å². The molecule has 3 rings (SSSR count). The molecule has 1 aromatic heterocycles. The van der Waals surface area contributed by atoms with Crippen molar-refractivity contribution in [3.63, 3.8) is 0 Å². The number of benzene rings is 1. The Hall–Kier alpha value is -2.50. The molecule has 0 aliphatic carbocycles. The van der Waals surface area contributed by atoms with Gasteiger partial charge in [-0.1, -0.05) is 12.1 Å². The van der Waals surface area contributed by atoms with Crippen LogP contribution in [-0.4, -0.2) is 45.0 Å². The predicted molar refractivity (Wildman–Crippen MR) is 67.4 cm³/mol. The third-order valence-electron chi connectivity index (χ3n) is 3.01. The van der Waals surface area contributed by atoms with Gasteiger partial charge in [-0.15, -0.1) is 10.2 Å². The van der Waals surface area contributed by atoms with Crippen LogP contribution in [0, 0.1) is 0 Å². The summed E-state index contributed by atoms with van der Waals surface area (Å²) in [5, 5.41) is 9.98. The van der Waals surface area contributed by atoms with Crippen molar-refractivity contribution in [2.75, 3.05) is 0 Å². The molecule has 8 nitrogen and oxygen atoms in total. The van der Waals surface area contributed by atoms with E-state index in [1.165, 1.54) is 24.3 Å². The van der Waals surface area contributed by atoms with Crippen LogP contribution in [0.5, 0.6) is 0 Å². The summed E-state index contributed by atoms with van der Waals surface area (Å²) in [7, 11) is -4.08. The monoisotopic (exact) mass is 347 g/mol. The van der Waals surface area contributed by atoms with E-state index in [9.17, 15) is 26.4 Å². The van der Waals surface area contributed by atoms with Gasteiger partial charge in [-0.3, -0.25) is 4.79 Å². The lowest BCUT2D eigenvalue weighted by molar-refractivity contribution is -0.145. The summed E-state index contributed by atoms with van der Waals surface area (Å²) in [6, 6.07) is 5.60. The highest BCUT2D eigenvalue weighted by atomic mass is 32.2. The van der Waals surface area contributed by atoms with Crippen LogP contribution in [-0.2, 0) is 23.1 Å². The number of nitrogens with zero attached hydrogens (tertiary/aromatic N) is 5. The first kappa shape index (κ1) is 15.4. The fraction of sp³-hybridized carbons (Fsp3) is 0.273. The average Bonchev–Trinajstić information content (AvgIpc) is 2.95. The van der Waals surface area contributed by atoms with Gasteiger partial charge >= 0.3 is 6.18 Å². The van der Waals surface area contributed by atoms with Gasteiger partial charge in [0.15, 0.2) is 12.4 Å². The number of carbonyl (C=O) groups excluding carboxylic acids is 1. The largest absolute Gasteiger partial charge is 0.409 e. The molecule has 1 aromatic carbocycles. The molecule has 0 unspecified atom stereocenters. The Kier molecular flexibility index (Phi) is 3.35. The van der Waals surface area contributed by atoms with Crippen molar-refractivity contribution >= 4 is 15.9 Å². The Morgan fingerprint density at radius 3 is 2.52 bits per heavy atom. The minimum Gasteiger partial charge on any atom is -0.268 e. The number of rotatable bonds is 3. The van der Waals surface area contributed by atoms with E-state index in [2.05, 4.69) is 15.4 Å². The fourth-order valence-electron chi connectivity index (χ4n) is 2.08. The highest BCUT2D eigenvalue weighted by Gasteiger charge is 2.41. The number of amides is 1. The molecule has 0 radical (unpaired) electrons. The summed E-state index contributed by atoms with van der Waals surface area (Å²) in [5.41, 5.74) is -0.00446. The van der Waals surface area contributed by atoms with Gasteiger partial charge in [0.25, 0.3) is 15.9 Å². The Morgan fingerprint density at radius 2 is 1.87 bits per heavy atom. The molecule has 1 amide bonds. The van der Waals surface area contributed by atoms with Crippen molar-refractivity contribution in [1.82, 2.24) is 24.5 Å². The second kappa shape index (κ2) is 5.01. The van der Waals surface area contributed by atoms with E-state index in [0.717, 1.165) is 0 Å². The molecule has 0 bridgehead atoms. The van der Waals surface area contributed by atoms with Gasteiger partial charge in [-0.25, -0.2) is 12.7 Å². The van der Waals surface area contributed by atoms with Crippen molar-refractivity contribution in [3.8, 4) is 0 Å². The van der Waals surface area contributed by atoms with Crippen molar-refractivity contribution in [1.29, 1.82) is 0 Å². The third-order valence-corrected chi connectivity index (χ3v) is 4.80. The summed E-state index contributed by atoms with van der Waals surface area (Å²) >= 11 is 0. The number of tetrazole rings is 1. The smallest absolute Gasteiger partial charge is 0.268 e. The van der Waals surface area contributed by atoms with Gasteiger partial charge in [0.1, 0.15) is 11.4 Å². The van der Waals surface area contributed by atoms with Gasteiger partial charge < -0.3 is 0 Å². The number of halogens is 3. The molecule has 1 aliphatic heterocycles. The maximum atomic E-state index is 12.3. The van der Waals surface area contributed by atoms with E-state index in [0.29, 0.717) is 4.31 Å². The van der Waals surface area contributed by atoms with E-state index in [4.69, 9.17) is 0 Å². The number of aromatic nitrogens is 4. The summed E-state index contributed by atoms with van der Waals surface area (Å²) < 4.78 is 61.8. The Balaban J connectivity index is 1.86. The molecule has 0 fully saturated rings. The predicted octanol–water partition coefficient (Wildman–Crippen LogP) is 0.580. The van der Waals surface area contributed by atoms with E-state index in [1.54, 1.807) is 0 Å². The number of carbonyl (C=O) groups is 1. The van der Waals surface area contributed by atoms with Crippen molar-refractivity contribution in [2.45, 2.75) is 24.2 Å². The molecule has 122 valence electrons. The van der Waals surface area contributed by atoms with E-state index in [-0.39, 0.29) is 21.1 Å². The summed E-state index contributed by atoms with van der Waals surface area (Å²) in [5.74, 6) is -1.09. The third kappa shape index (κ3) is 2.76. The van der Waals surface area contributed by atoms with Crippen LogP contribution in [0.1, 0.15) is 16.2 Å². The molecule has 0 N–H and O–H groups in total. The number of alkyl halides is 3.